The third kappa shape index (κ3) is 3.37. The van der Waals surface area contributed by atoms with Crippen LogP contribution in [-0.4, -0.2) is 11.5 Å². The molecule has 0 saturated heterocycles. The van der Waals surface area contributed by atoms with Gasteiger partial charge in [0.15, 0.2) is 0 Å². The predicted molar refractivity (Wildman–Crippen MR) is 77.2 cm³/mol. The molecule has 0 aliphatic rings. The third-order valence-corrected chi connectivity index (χ3v) is 2.93. The first-order valence-corrected chi connectivity index (χ1v) is 6.33. The molecule has 1 aromatic carbocycles. The van der Waals surface area contributed by atoms with Crippen molar-refractivity contribution in [2.45, 2.75) is 13.5 Å². The molecule has 3 nitrogen and oxygen atoms in total. The van der Waals surface area contributed by atoms with Gasteiger partial charge >= 0.3 is 0 Å². The van der Waals surface area contributed by atoms with Crippen molar-refractivity contribution >= 4 is 23.0 Å². The summed E-state index contributed by atoms with van der Waals surface area (Å²) in [5.74, 6) is 0. The molecule has 94 valence electrons. The van der Waals surface area contributed by atoms with Gasteiger partial charge in [-0.1, -0.05) is 29.8 Å². The van der Waals surface area contributed by atoms with Crippen LogP contribution >= 0.6 is 11.6 Å². The van der Waals surface area contributed by atoms with Crippen LogP contribution in [0, 0.1) is 0 Å². The van der Waals surface area contributed by atoms with E-state index in [1.54, 1.807) is 6.20 Å². The minimum absolute atomic E-state index is 0.691. The molecule has 0 unspecified atom stereocenters. The summed E-state index contributed by atoms with van der Waals surface area (Å²) >= 11 is 6.10. The van der Waals surface area contributed by atoms with Crippen molar-refractivity contribution in [2.75, 3.05) is 17.2 Å². The third-order valence-electron chi connectivity index (χ3n) is 2.56. The highest BCUT2D eigenvalue weighted by molar-refractivity contribution is 6.31. The highest BCUT2D eigenvalue weighted by Gasteiger charge is 1.99. The van der Waals surface area contributed by atoms with Gasteiger partial charge in [-0.15, -0.1) is 0 Å². The first-order valence-electron chi connectivity index (χ1n) is 5.96. The summed E-state index contributed by atoms with van der Waals surface area (Å²) in [5, 5.41) is 7.32. The predicted octanol–water partition coefficient (Wildman–Crippen LogP) is 3.78. The molecule has 2 N–H and O–H groups in total. The maximum absolute atomic E-state index is 6.10. The smallest absolute Gasteiger partial charge is 0.0550 e. The summed E-state index contributed by atoms with van der Waals surface area (Å²) in [7, 11) is 0. The van der Waals surface area contributed by atoms with Gasteiger partial charge in [0, 0.05) is 18.1 Å². The van der Waals surface area contributed by atoms with E-state index in [0.29, 0.717) is 6.54 Å². The van der Waals surface area contributed by atoms with E-state index in [1.807, 2.05) is 36.5 Å². The van der Waals surface area contributed by atoms with Crippen LogP contribution in [0.2, 0.25) is 5.02 Å². The molecule has 0 aliphatic heterocycles. The van der Waals surface area contributed by atoms with Gasteiger partial charge in [-0.3, -0.25) is 4.98 Å². The van der Waals surface area contributed by atoms with Gasteiger partial charge in [0.2, 0.25) is 0 Å². The Morgan fingerprint density at radius 2 is 1.83 bits per heavy atom. The van der Waals surface area contributed by atoms with Crippen LogP contribution in [0.1, 0.15) is 12.5 Å². The number of nitrogens with one attached hydrogen (secondary N) is 2. The van der Waals surface area contributed by atoms with Crippen molar-refractivity contribution in [3.63, 3.8) is 0 Å². The number of anilines is 2. The van der Waals surface area contributed by atoms with E-state index in [4.69, 9.17) is 11.6 Å². The lowest BCUT2D eigenvalue weighted by molar-refractivity contribution is 1.13. The van der Waals surface area contributed by atoms with E-state index in [2.05, 4.69) is 22.5 Å². The monoisotopic (exact) mass is 261 g/mol. The van der Waals surface area contributed by atoms with E-state index >= 15 is 0 Å². The van der Waals surface area contributed by atoms with E-state index < -0.39 is 0 Å². The van der Waals surface area contributed by atoms with Gasteiger partial charge in [-0.25, -0.2) is 0 Å². The van der Waals surface area contributed by atoms with Crippen LogP contribution in [0.25, 0.3) is 0 Å². The number of halogens is 1. The van der Waals surface area contributed by atoms with Crippen LogP contribution < -0.4 is 10.6 Å². The van der Waals surface area contributed by atoms with Crippen LogP contribution in [0.4, 0.5) is 11.4 Å². The number of hydrogen-bond donors (Lipinski definition) is 2. The molecule has 0 spiro atoms. The summed E-state index contributed by atoms with van der Waals surface area (Å²) in [6, 6.07) is 9.85. The summed E-state index contributed by atoms with van der Waals surface area (Å²) in [6.45, 7) is 3.64. The second-order valence-electron chi connectivity index (χ2n) is 3.94. The zero-order chi connectivity index (χ0) is 12.8. The van der Waals surface area contributed by atoms with Gasteiger partial charge in [0.25, 0.3) is 0 Å². The largest absolute Gasteiger partial charge is 0.384 e. The molecule has 1 heterocycles. The number of aromatic nitrogens is 1. The topological polar surface area (TPSA) is 37.0 Å². The molecule has 4 heteroatoms. The van der Waals surface area contributed by atoms with E-state index in [1.165, 1.54) is 0 Å². The van der Waals surface area contributed by atoms with E-state index in [-0.39, 0.29) is 0 Å². The Labute approximate surface area is 112 Å². The van der Waals surface area contributed by atoms with Gasteiger partial charge < -0.3 is 10.6 Å². The van der Waals surface area contributed by atoms with Crippen molar-refractivity contribution in [3.05, 3.63) is 53.3 Å². The molecule has 0 saturated carbocycles. The zero-order valence-electron chi connectivity index (χ0n) is 10.3. The first-order chi connectivity index (χ1) is 8.79. The number of benzene rings is 1. The molecule has 18 heavy (non-hydrogen) atoms. The van der Waals surface area contributed by atoms with Crippen molar-refractivity contribution < 1.29 is 0 Å². The average Bonchev–Trinajstić information content (AvgIpc) is 2.39. The lowest BCUT2D eigenvalue weighted by Crippen LogP contribution is -2.02. The summed E-state index contributed by atoms with van der Waals surface area (Å²) in [6.07, 6.45) is 3.61. The Balaban J connectivity index is 2.02. The lowest BCUT2D eigenvalue weighted by atomic mass is 10.2. The molecule has 0 atom stereocenters. The molecule has 0 bridgehead atoms. The minimum atomic E-state index is 0.691. The van der Waals surface area contributed by atoms with Crippen molar-refractivity contribution in [3.8, 4) is 0 Å². The fourth-order valence-electron chi connectivity index (χ4n) is 1.68. The van der Waals surface area contributed by atoms with Crippen molar-refractivity contribution in [2.24, 2.45) is 0 Å². The normalized spacial score (nSPS) is 10.1. The molecule has 2 aromatic rings. The average molecular weight is 262 g/mol. The SMILES string of the molecule is CCNc1cncc(NCc2ccccc2Cl)c1. The van der Waals surface area contributed by atoms with Gasteiger partial charge in [-0.2, -0.15) is 0 Å². The highest BCUT2D eigenvalue weighted by Crippen LogP contribution is 2.18. The Hall–Kier alpha value is -1.74. The minimum Gasteiger partial charge on any atom is -0.384 e. The highest BCUT2D eigenvalue weighted by atomic mass is 35.5. The molecule has 2 rings (SSSR count). The Kier molecular flexibility index (Phi) is 4.42. The van der Waals surface area contributed by atoms with Crippen LogP contribution in [0.5, 0.6) is 0 Å². The number of nitrogens with zero attached hydrogens (tertiary/aromatic N) is 1. The number of pyridine rings is 1. The van der Waals surface area contributed by atoms with Crippen molar-refractivity contribution in [1.29, 1.82) is 0 Å². The Morgan fingerprint density at radius 1 is 1.11 bits per heavy atom. The zero-order valence-corrected chi connectivity index (χ0v) is 11.0. The van der Waals surface area contributed by atoms with Gasteiger partial charge in [0.1, 0.15) is 0 Å². The van der Waals surface area contributed by atoms with Gasteiger partial charge in [-0.05, 0) is 24.6 Å². The standard InChI is InChI=1S/C14H16ClN3/c1-2-17-12-7-13(10-16-9-12)18-8-11-5-3-4-6-14(11)15/h3-7,9-10,17-18H,2,8H2,1H3. The maximum Gasteiger partial charge on any atom is 0.0550 e. The lowest BCUT2D eigenvalue weighted by Gasteiger charge is -2.09. The van der Waals surface area contributed by atoms with Crippen molar-refractivity contribution in [1.82, 2.24) is 4.98 Å². The fourth-order valence-corrected chi connectivity index (χ4v) is 1.88. The molecular weight excluding hydrogens is 246 g/mol. The molecule has 0 radical (unpaired) electrons. The quantitative estimate of drug-likeness (QED) is 0.860. The molecule has 0 aliphatic carbocycles. The fraction of sp³-hybridized carbons (Fsp3) is 0.214. The van der Waals surface area contributed by atoms with E-state index in [9.17, 15) is 0 Å². The van der Waals surface area contributed by atoms with E-state index in [0.717, 1.165) is 28.5 Å². The summed E-state index contributed by atoms with van der Waals surface area (Å²) in [4.78, 5) is 4.18. The maximum atomic E-state index is 6.10. The molecule has 0 fully saturated rings. The molecule has 0 amide bonds. The van der Waals surface area contributed by atoms with Crippen LogP contribution in [-0.2, 0) is 6.54 Å². The molecular formula is C14H16ClN3. The number of hydrogen-bond acceptors (Lipinski definition) is 3. The second-order valence-corrected chi connectivity index (χ2v) is 4.34. The Morgan fingerprint density at radius 3 is 2.56 bits per heavy atom. The first kappa shape index (κ1) is 12.7. The van der Waals surface area contributed by atoms with Crippen LogP contribution in [0.3, 0.4) is 0 Å². The Bertz CT molecular complexity index is 514. The summed E-state index contributed by atoms with van der Waals surface area (Å²) < 4.78 is 0. The summed E-state index contributed by atoms with van der Waals surface area (Å²) in [5.41, 5.74) is 3.07. The molecule has 1 aromatic heterocycles. The van der Waals surface area contributed by atoms with Crippen LogP contribution in [0.15, 0.2) is 42.7 Å². The van der Waals surface area contributed by atoms with Gasteiger partial charge in [0.05, 0.1) is 23.8 Å². The number of rotatable bonds is 5. The second kappa shape index (κ2) is 6.26.